The Bertz CT molecular complexity index is 1350. The summed E-state index contributed by atoms with van der Waals surface area (Å²) < 4.78 is 0. The Kier molecular flexibility index (Phi) is 6.23. The van der Waals surface area contributed by atoms with Crippen molar-refractivity contribution in [2.45, 2.75) is 13.2 Å². The fourth-order valence-electron chi connectivity index (χ4n) is 3.69. The lowest BCUT2D eigenvalue weighted by Gasteiger charge is -2.13. The zero-order valence-corrected chi connectivity index (χ0v) is 17.9. The van der Waals surface area contributed by atoms with E-state index in [1.807, 2.05) is 48.5 Å². The predicted molar refractivity (Wildman–Crippen MR) is 127 cm³/mol. The van der Waals surface area contributed by atoms with Gasteiger partial charge in [0.25, 0.3) is 0 Å². The lowest BCUT2D eigenvalue weighted by molar-refractivity contribution is 0.277. The van der Waals surface area contributed by atoms with E-state index < -0.39 is 0 Å². The molecule has 7 nitrogen and oxygen atoms in total. The number of nitrogens with two attached hydrogens (primary N) is 1. The maximum absolute atomic E-state index is 9.63. The highest BCUT2D eigenvalue weighted by atomic mass is 35.5. The molecule has 0 bridgehead atoms. The molecular formula is C24H21ClN6O. The number of aliphatic hydroxyl groups is 1. The molecule has 5 aromatic rings. The van der Waals surface area contributed by atoms with E-state index >= 15 is 0 Å². The molecule has 3 aromatic heterocycles. The van der Waals surface area contributed by atoms with Gasteiger partial charge in [0.05, 0.1) is 17.8 Å². The highest BCUT2D eigenvalue weighted by Gasteiger charge is 2.18. The van der Waals surface area contributed by atoms with Gasteiger partial charge in [0.2, 0.25) is 0 Å². The third-order valence-electron chi connectivity index (χ3n) is 5.29. The van der Waals surface area contributed by atoms with Crippen LogP contribution in [0.3, 0.4) is 0 Å². The Labute approximate surface area is 190 Å². The predicted octanol–water partition coefficient (Wildman–Crippen LogP) is 4.12. The maximum atomic E-state index is 9.63. The molecule has 0 aliphatic heterocycles. The van der Waals surface area contributed by atoms with Crippen LogP contribution in [0.5, 0.6) is 0 Å². The molecular weight excluding hydrogens is 424 g/mol. The van der Waals surface area contributed by atoms with Crippen molar-refractivity contribution in [2.75, 3.05) is 0 Å². The molecule has 0 saturated carbocycles. The summed E-state index contributed by atoms with van der Waals surface area (Å²) in [4.78, 5) is 9.54. The Morgan fingerprint density at radius 1 is 0.844 bits per heavy atom. The number of aromatic amines is 1. The van der Waals surface area contributed by atoms with Crippen LogP contribution in [0.15, 0.2) is 72.9 Å². The van der Waals surface area contributed by atoms with Crippen LogP contribution in [0, 0.1) is 0 Å². The molecule has 8 heteroatoms. The minimum absolute atomic E-state index is 0. The summed E-state index contributed by atoms with van der Waals surface area (Å²) in [6.07, 6.45) is 1.70. The fraction of sp³-hybridized carbons (Fsp3) is 0.0833. The van der Waals surface area contributed by atoms with Crippen LogP contribution in [0.25, 0.3) is 44.7 Å². The van der Waals surface area contributed by atoms with Crippen molar-refractivity contribution in [2.24, 2.45) is 5.73 Å². The van der Waals surface area contributed by atoms with E-state index in [4.69, 9.17) is 10.7 Å². The van der Waals surface area contributed by atoms with Gasteiger partial charge in [0.1, 0.15) is 17.1 Å². The van der Waals surface area contributed by atoms with E-state index in [9.17, 15) is 5.11 Å². The summed E-state index contributed by atoms with van der Waals surface area (Å²) in [5.41, 5.74) is 13.1. The molecule has 0 saturated heterocycles. The smallest absolute Gasteiger partial charge is 0.137 e. The molecule has 0 aliphatic rings. The highest BCUT2D eigenvalue weighted by Crippen LogP contribution is 2.36. The van der Waals surface area contributed by atoms with E-state index in [1.54, 1.807) is 6.20 Å². The van der Waals surface area contributed by atoms with Gasteiger partial charge in [-0.2, -0.15) is 15.4 Å². The van der Waals surface area contributed by atoms with E-state index in [0.717, 1.165) is 38.9 Å². The van der Waals surface area contributed by atoms with Gasteiger partial charge in [-0.15, -0.1) is 12.4 Å². The number of aromatic nitrogens is 5. The summed E-state index contributed by atoms with van der Waals surface area (Å²) in [6.45, 7) is 0.269. The first-order valence-electron chi connectivity index (χ1n) is 9.94. The highest BCUT2D eigenvalue weighted by molar-refractivity contribution is 5.98. The monoisotopic (exact) mass is 444 g/mol. The van der Waals surface area contributed by atoms with Gasteiger partial charge >= 0.3 is 0 Å². The molecule has 4 N–H and O–H groups in total. The SMILES string of the molecule is Cl.NCc1ccc(-c2nc3ccnc(-c4n[nH]nc4CO)c3cc2-c2ccccc2)cc1. The molecule has 3 heterocycles. The van der Waals surface area contributed by atoms with Gasteiger partial charge < -0.3 is 10.8 Å². The normalized spacial score (nSPS) is 10.8. The number of benzene rings is 2. The summed E-state index contributed by atoms with van der Waals surface area (Å²) in [6, 6.07) is 22.2. The zero-order chi connectivity index (χ0) is 21.2. The van der Waals surface area contributed by atoms with E-state index in [2.05, 4.69) is 38.6 Å². The number of halogens is 1. The number of H-pyrrole nitrogens is 1. The van der Waals surface area contributed by atoms with Crippen LogP contribution in [-0.2, 0) is 13.2 Å². The number of nitrogens with zero attached hydrogens (tertiary/aromatic N) is 4. The van der Waals surface area contributed by atoms with Crippen molar-refractivity contribution >= 4 is 23.3 Å². The van der Waals surface area contributed by atoms with Gasteiger partial charge in [0, 0.05) is 29.3 Å². The van der Waals surface area contributed by atoms with Crippen molar-refractivity contribution in [3.63, 3.8) is 0 Å². The first-order chi connectivity index (χ1) is 15.3. The van der Waals surface area contributed by atoms with E-state index in [1.165, 1.54) is 0 Å². The second kappa shape index (κ2) is 9.23. The quantitative estimate of drug-likeness (QED) is 0.375. The van der Waals surface area contributed by atoms with Crippen LogP contribution >= 0.6 is 12.4 Å². The number of aliphatic hydroxyl groups excluding tert-OH is 1. The Hall–Kier alpha value is -3.65. The third-order valence-corrected chi connectivity index (χ3v) is 5.29. The zero-order valence-electron chi connectivity index (χ0n) is 17.1. The molecule has 0 radical (unpaired) electrons. The van der Waals surface area contributed by atoms with Crippen molar-refractivity contribution in [1.82, 2.24) is 25.4 Å². The number of fused-ring (bicyclic) bond motifs is 1. The first kappa shape index (κ1) is 21.6. The Morgan fingerprint density at radius 3 is 2.34 bits per heavy atom. The number of nitrogens with one attached hydrogen (secondary N) is 1. The summed E-state index contributed by atoms with van der Waals surface area (Å²) in [5.74, 6) is 0. The largest absolute Gasteiger partial charge is 0.390 e. The molecule has 0 spiro atoms. The molecule has 0 aliphatic carbocycles. The van der Waals surface area contributed by atoms with Gasteiger partial charge in [-0.1, -0.05) is 54.6 Å². The first-order valence-corrected chi connectivity index (χ1v) is 9.94. The van der Waals surface area contributed by atoms with Crippen molar-refractivity contribution in [3.8, 4) is 33.8 Å². The molecule has 0 unspecified atom stereocenters. The number of hydrogen-bond acceptors (Lipinski definition) is 6. The number of rotatable bonds is 5. The maximum Gasteiger partial charge on any atom is 0.137 e. The van der Waals surface area contributed by atoms with Crippen LogP contribution in [0.2, 0.25) is 0 Å². The van der Waals surface area contributed by atoms with Gasteiger partial charge in [0.15, 0.2) is 0 Å². The van der Waals surface area contributed by atoms with Crippen LogP contribution < -0.4 is 5.73 Å². The van der Waals surface area contributed by atoms with Gasteiger partial charge in [-0.3, -0.25) is 4.98 Å². The van der Waals surface area contributed by atoms with Crippen molar-refractivity contribution < 1.29 is 5.11 Å². The van der Waals surface area contributed by atoms with Crippen LogP contribution in [0.4, 0.5) is 0 Å². The molecule has 5 rings (SSSR count). The Morgan fingerprint density at radius 2 is 1.62 bits per heavy atom. The van der Waals surface area contributed by atoms with Gasteiger partial charge in [-0.25, -0.2) is 4.98 Å². The third kappa shape index (κ3) is 3.85. The topological polar surface area (TPSA) is 114 Å². The lowest BCUT2D eigenvalue weighted by atomic mass is 9.96. The molecule has 160 valence electrons. The average Bonchev–Trinajstić information content (AvgIpc) is 3.32. The second-order valence-electron chi connectivity index (χ2n) is 7.15. The number of hydrogen-bond donors (Lipinski definition) is 3. The molecule has 2 aromatic carbocycles. The Balaban J connectivity index is 0.00000245. The van der Waals surface area contributed by atoms with Crippen molar-refractivity contribution in [3.05, 3.63) is 84.2 Å². The second-order valence-corrected chi connectivity index (χ2v) is 7.15. The minimum Gasteiger partial charge on any atom is -0.390 e. The molecule has 0 amide bonds. The summed E-state index contributed by atoms with van der Waals surface area (Å²) in [5, 5.41) is 21.3. The average molecular weight is 445 g/mol. The van der Waals surface area contributed by atoms with Crippen molar-refractivity contribution in [1.29, 1.82) is 0 Å². The summed E-state index contributed by atoms with van der Waals surface area (Å²) >= 11 is 0. The molecule has 0 fully saturated rings. The minimum atomic E-state index is -0.228. The number of pyridine rings is 2. The molecule has 0 atom stereocenters. The van der Waals surface area contributed by atoms with Crippen LogP contribution in [-0.4, -0.2) is 30.5 Å². The summed E-state index contributed by atoms with van der Waals surface area (Å²) in [7, 11) is 0. The van der Waals surface area contributed by atoms with Crippen LogP contribution in [0.1, 0.15) is 11.3 Å². The van der Waals surface area contributed by atoms with E-state index in [-0.39, 0.29) is 19.0 Å². The lowest BCUT2D eigenvalue weighted by Crippen LogP contribution is -1.98. The molecule has 32 heavy (non-hydrogen) atoms. The standard InChI is InChI=1S/C24H20N6O.ClH/c25-13-15-6-8-17(9-7-15)22-18(16-4-2-1-3-5-16)12-19-20(27-22)10-11-26-23(19)24-21(14-31)28-30-29-24;/h1-12,31H,13-14,25H2,(H,28,29,30);1H. The fourth-order valence-corrected chi connectivity index (χ4v) is 3.69. The van der Waals surface area contributed by atoms with Gasteiger partial charge in [-0.05, 0) is 23.3 Å². The van der Waals surface area contributed by atoms with E-state index in [0.29, 0.717) is 23.6 Å².